The van der Waals surface area contributed by atoms with Crippen LogP contribution in [-0.4, -0.2) is 55.4 Å². The van der Waals surface area contributed by atoms with Crippen molar-refractivity contribution >= 4 is 22.8 Å². The number of ether oxygens (including phenoxy) is 2. The van der Waals surface area contributed by atoms with Gasteiger partial charge in [0.25, 0.3) is 0 Å². The van der Waals surface area contributed by atoms with Crippen LogP contribution < -0.4 is 10.1 Å². The molecule has 2 N–H and O–H groups in total. The predicted octanol–water partition coefficient (Wildman–Crippen LogP) is 2.02. The minimum absolute atomic E-state index is 0.00503. The molecule has 1 aliphatic heterocycles. The van der Waals surface area contributed by atoms with Crippen LogP contribution >= 0.6 is 0 Å². The van der Waals surface area contributed by atoms with Gasteiger partial charge in [-0.1, -0.05) is 0 Å². The van der Waals surface area contributed by atoms with Crippen LogP contribution in [0.25, 0.3) is 11.2 Å². The molecule has 3 aromatic heterocycles. The topological polar surface area (TPSA) is 103 Å². The Kier molecular flexibility index (Phi) is 4.11. The van der Waals surface area contributed by atoms with E-state index in [1.807, 2.05) is 0 Å². The average molecular weight is 369 g/mol. The highest BCUT2D eigenvalue weighted by Crippen LogP contribution is 2.26. The number of hydrogen-bond acceptors (Lipinski definition) is 7. The summed E-state index contributed by atoms with van der Waals surface area (Å²) in [5, 5.41) is 13.0. The quantitative estimate of drug-likeness (QED) is 0.685. The fourth-order valence-corrected chi connectivity index (χ4v) is 2.66. The molecule has 0 radical (unpaired) electrons. The van der Waals surface area contributed by atoms with Crippen LogP contribution in [0.4, 0.5) is 24.8 Å². The maximum Gasteiger partial charge on any atom is 0.388 e. The lowest BCUT2D eigenvalue weighted by atomic mass is 10.1. The molecule has 0 unspecified atom stereocenters. The summed E-state index contributed by atoms with van der Waals surface area (Å²) in [6.45, 7) is -2.58. The van der Waals surface area contributed by atoms with E-state index in [0.29, 0.717) is 30.0 Å². The van der Waals surface area contributed by atoms with Crippen LogP contribution in [0.3, 0.4) is 0 Å². The Labute approximate surface area is 144 Å². The largest absolute Gasteiger partial charge is 0.415 e. The van der Waals surface area contributed by atoms with E-state index in [0.717, 1.165) is 0 Å². The Bertz CT molecular complexity index is 907. The van der Waals surface area contributed by atoms with Crippen LogP contribution in [0.5, 0.6) is 5.88 Å². The predicted molar refractivity (Wildman–Crippen MR) is 83.1 cm³/mol. The Morgan fingerprint density at radius 1 is 1.42 bits per heavy atom. The van der Waals surface area contributed by atoms with Crippen molar-refractivity contribution in [3.8, 4) is 5.88 Å². The minimum Gasteiger partial charge on any atom is -0.415 e. The number of anilines is 2. The second-order valence-corrected chi connectivity index (χ2v) is 5.84. The van der Waals surface area contributed by atoms with Crippen molar-refractivity contribution in [2.24, 2.45) is 0 Å². The second-order valence-electron chi connectivity index (χ2n) is 5.84. The number of aromatic nitrogens is 6. The van der Waals surface area contributed by atoms with Crippen LogP contribution in [0, 0.1) is 0 Å². The van der Waals surface area contributed by atoms with Crippen molar-refractivity contribution in [3.05, 3.63) is 18.5 Å². The van der Waals surface area contributed by atoms with E-state index in [9.17, 15) is 13.2 Å². The highest BCUT2D eigenvalue weighted by molar-refractivity contribution is 5.72. The van der Waals surface area contributed by atoms with Gasteiger partial charge >= 0.3 is 6.61 Å². The highest BCUT2D eigenvalue weighted by atomic mass is 19.3. The Balaban J connectivity index is 1.55. The molecule has 4 rings (SSSR count). The average Bonchev–Trinajstić information content (AvgIpc) is 3.30. The lowest BCUT2D eigenvalue weighted by Crippen LogP contribution is -2.30. The van der Waals surface area contributed by atoms with Gasteiger partial charge in [0.15, 0.2) is 17.1 Å². The number of rotatable bonds is 6. The van der Waals surface area contributed by atoms with Gasteiger partial charge in [-0.2, -0.15) is 13.9 Å². The van der Waals surface area contributed by atoms with Crippen molar-refractivity contribution < 1.29 is 22.6 Å². The molecule has 1 saturated heterocycles. The first-order valence-electron chi connectivity index (χ1n) is 7.73. The van der Waals surface area contributed by atoms with E-state index in [1.165, 1.54) is 23.1 Å². The SMILES string of the molecule is FC(F)Oc1cc(Nc2cnc3cnn(C[C@]4(F)CCOC4)c3n2)[nH]n1. The monoisotopic (exact) mass is 369 g/mol. The molecule has 3 aromatic rings. The molecule has 9 nitrogen and oxygen atoms in total. The Morgan fingerprint density at radius 3 is 3.08 bits per heavy atom. The van der Waals surface area contributed by atoms with E-state index in [2.05, 4.69) is 35.3 Å². The van der Waals surface area contributed by atoms with E-state index in [1.54, 1.807) is 0 Å². The van der Waals surface area contributed by atoms with Crippen molar-refractivity contribution in [2.45, 2.75) is 25.2 Å². The van der Waals surface area contributed by atoms with E-state index in [-0.39, 0.29) is 24.8 Å². The maximum absolute atomic E-state index is 14.6. The third-order valence-electron chi connectivity index (χ3n) is 3.86. The molecule has 1 fully saturated rings. The maximum atomic E-state index is 14.6. The van der Waals surface area contributed by atoms with Crippen LogP contribution in [0.2, 0.25) is 0 Å². The second kappa shape index (κ2) is 6.44. The highest BCUT2D eigenvalue weighted by Gasteiger charge is 2.36. The summed E-state index contributed by atoms with van der Waals surface area (Å²) >= 11 is 0. The molecule has 0 aromatic carbocycles. The van der Waals surface area contributed by atoms with Gasteiger partial charge < -0.3 is 14.8 Å². The van der Waals surface area contributed by atoms with E-state index >= 15 is 0 Å². The molecule has 0 amide bonds. The molecule has 12 heteroatoms. The summed E-state index contributed by atoms with van der Waals surface area (Å²) in [4.78, 5) is 8.56. The van der Waals surface area contributed by atoms with Crippen molar-refractivity contribution in [1.82, 2.24) is 29.9 Å². The zero-order valence-corrected chi connectivity index (χ0v) is 13.3. The van der Waals surface area contributed by atoms with Crippen molar-refractivity contribution in [1.29, 1.82) is 0 Å². The molecule has 1 aliphatic rings. The first kappa shape index (κ1) is 16.6. The fraction of sp³-hybridized carbons (Fsp3) is 0.429. The lowest BCUT2D eigenvalue weighted by Gasteiger charge is -2.17. The molecule has 0 bridgehead atoms. The standard InChI is InChI=1S/C14H14F3N7O2/c15-13(16)26-11-3-9(22-23-11)20-10-5-18-8-4-19-24(12(8)21-10)6-14(17)1-2-25-7-14/h3-5,13H,1-2,6-7H2,(H2,20,21,22,23)/t14-/m1/s1. The number of halogens is 3. The summed E-state index contributed by atoms with van der Waals surface area (Å²) in [5.41, 5.74) is -0.596. The van der Waals surface area contributed by atoms with Crippen LogP contribution in [0.1, 0.15) is 6.42 Å². The van der Waals surface area contributed by atoms with Gasteiger partial charge in [-0.3, -0.25) is 5.10 Å². The smallest absolute Gasteiger partial charge is 0.388 e. The molecule has 0 spiro atoms. The van der Waals surface area contributed by atoms with Gasteiger partial charge in [0.05, 0.1) is 25.5 Å². The first-order chi connectivity index (χ1) is 12.5. The van der Waals surface area contributed by atoms with E-state index < -0.39 is 12.3 Å². The van der Waals surface area contributed by atoms with Gasteiger partial charge in [0.1, 0.15) is 11.3 Å². The summed E-state index contributed by atoms with van der Waals surface area (Å²) in [6, 6.07) is 1.25. The number of nitrogens with zero attached hydrogens (tertiary/aromatic N) is 5. The molecule has 4 heterocycles. The molecule has 1 atom stereocenters. The minimum atomic E-state index is -2.97. The molecule has 0 aliphatic carbocycles. The third kappa shape index (κ3) is 3.40. The van der Waals surface area contributed by atoms with Gasteiger partial charge in [-0.15, -0.1) is 5.10 Å². The van der Waals surface area contributed by atoms with Gasteiger partial charge in [0, 0.05) is 19.1 Å². The summed E-state index contributed by atoms with van der Waals surface area (Å²) in [7, 11) is 0. The van der Waals surface area contributed by atoms with Crippen molar-refractivity contribution in [2.75, 3.05) is 18.5 Å². The number of hydrogen-bond donors (Lipinski definition) is 2. The number of nitrogens with one attached hydrogen (secondary N) is 2. The third-order valence-corrected chi connectivity index (χ3v) is 3.86. The number of alkyl halides is 3. The molecular weight excluding hydrogens is 355 g/mol. The zero-order chi connectivity index (χ0) is 18.1. The molecule has 138 valence electrons. The van der Waals surface area contributed by atoms with Crippen LogP contribution in [-0.2, 0) is 11.3 Å². The normalized spacial score (nSPS) is 20.2. The van der Waals surface area contributed by atoms with Crippen LogP contribution in [0.15, 0.2) is 18.5 Å². The molecule has 26 heavy (non-hydrogen) atoms. The summed E-state index contributed by atoms with van der Waals surface area (Å²) in [6.07, 6.45) is 3.23. The molecule has 0 saturated carbocycles. The summed E-state index contributed by atoms with van der Waals surface area (Å²) in [5.74, 6) is 0.329. The Morgan fingerprint density at radius 2 is 2.31 bits per heavy atom. The fourth-order valence-electron chi connectivity index (χ4n) is 2.66. The number of H-pyrrole nitrogens is 1. The number of aromatic amines is 1. The lowest BCUT2D eigenvalue weighted by molar-refractivity contribution is -0.0528. The Hall–Kier alpha value is -2.89. The van der Waals surface area contributed by atoms with Gasteiger partial charge in [0.2, 0.25) is 5.88 Å². The van der Waals surface area contributed by atoms with Gasteiger partial charge in [-0.25, -0.2) is 19.0 Å². The first-order valence-corrected chi connectivity index (χ1v) is 7.73. The van der Waals surface area contributed by atoms with Crippen molar-refractivity contribution in [3.63, 3.8) is 0 Å². The van der Waals surface area contributed by atoms with E-state index in [4.69, 9.17) is 4.74 Å². The number of fused-ring (bicyclic) bond motifs is 1. The summed E-state index contributed by atoms with van der Waals surface area (Å²) < 4.78 is 49.7. The van der Waals surface area contributed by atoms with Gasteiger partial charge in [-0.05, 0) is 0 Å². The zero-order valence-electron chi connectivity index (χ0n) is 13.3. The molecular formula is C14H14F3N7O2.